The van der Waals surface area contributed by atoms with Crippen molar-refractivity contribution in [2.45, 2.75) is 58.5 Å². The standard InChI is InChI=1S/C15H23FN2O4/c1-9-7-18(11(21)17-10(9)20)15(6)12(2,3)14(5,16)13(4,8-19)22-15/h7,19H,8H2,1-6H3,(H,17,20,21). The monoisotopic (exact) mass is 314 g/mol. The number of rotatable bonds is 2. The molecule has 124 valence electrons. The fourth-order valence-electron chi connectivity index (χ4n) is 3.17. The van der Waals surface area contributed by atoms with Crippen LogP contribution in [0.15, 0.2) is 15.8 Å². The van der Waals surface area contributed by atoms with E-state index in [-0.39, 0.29) is 0 Å². The third-order valence-corrected chi connectivity index (χ3v) is 5.63. The third kappa shape index (κ3) is 1.78. The Morgan fingerprint density at radius 3 is 2.27 bits per heavy atom. The van der Waals surface area contributed by atoms with E-state index in [0.717, 1.165) is 0 Å². The van der Waals surface area contributed by atoms with Gasteiger partial charge in [0.1, 0.15) is 11.3 Å². The summed E-state index contributed by atoms with van der Waals surface area (Å²) in [5.74, 6) is 0. The Balaban J connectivity index is 2.77. The molecular weight excluding hydrogens is 291 g/mol. The molecule has 1 aromatic rings. The number of ether oxygens (including phenoxy) is 1. The van der Waals surface area contributed by atoms with Crippen molar-refractivity contribution in [1.29, 1.82) is 0 Å². The van der Waals surface area contributed by atoms with Crippen LogP contribution >= 0.6 is 0 Å². The molecule has 3 atom stereocenters. The number of nitrogens with one attached hydrogen (secondary N) is 1. The minimum Gasteiger partial charge on any atom is -0.393 e. The highest BCUT2D eigenvalue weighted by atomic mass is 19.1. The lowest BCUT2D eigenvalue weighted by Crippen LogP contribution is -2.55. The normalized spacial score (nSPS) is 37.5. The zero-order valence-electron chi connectivity index (χ0n) is 13.8. The summed E-state index contributed by atoms with van der Waals surface area (Å²) in [5, 5.41) is 9.63. The van der Waals surface area contributed by atoms with Crippen LogP contribution in [0, 0.1) is 12.3 Å². The minimum atomic E-state index is -1.91. The molecule has 6 nitrogen and oxygen atoms in total. The Morgan fingerprint density at radius 2 is 1.82 bits per heavy atom. The molecule has 1 fully saturated rings. The third-order valence-electron chi connectivity index (χ3n) is 5.63. The van der Waals surface area contributed by atoms with E-state index in [9.17, 15) is 14.7 Å². The summed E-state index contributed by atoms with van der Waals surface area (Å²) in [5.41, 5.74) is -6.76. The maximum atomic E-state index is 15.5. The molecule has 1 saturated heterocycles. The quantitative estimate of drug-likeness (QED) is 0.855. The summed E-state index contributed by atoms with van der Waals surface area (Å²) in [6.07, 6.45) is 1.36. The summed E-state index contributed by atoms with van der Waals surface area (Å²) in [7, 11) is 0. The van der Waals surface area contributed by atoms with Crippen LogP contribution in [0.25, 0.3) is 0 Å². The van der Waals surface area contributed by atoms with Gasteiger partial charge in [-0.05, 0) is 27.7 Å². The Morgan fingerprint density at radius 1 is 1.27 bits per heavy atom. The summed E-state index contributed by atoms with van der Waals surface area (Å²) < 4.78 is 22.5. The number of hydrogen-bond acceptors (Lipinski definition) is 4. The molecule has 0 spiro atoms. The van der Waals surface area contributed by atoms with E-state index in [1.54, 1.807) is 27.7 Å². The number of nitrogens with zero attached hydrogens (tertiary/aromatic N) is 1. The lowest BCUT2D eigenvalue weighted by atomic mass is 9.67. The number of alkyl halides is 1. The van der Waals surface area contributed by atoms with Crippen molar-refractivity contribution in [1.82, 2.24) is 9.55 Å². The van der Waals surface area contributed by atoms with Crippen LogP contribution < -0.4 is 11.2 Å². The molecule has 1 aromatic heterocycles. The van der Waals surface area contributed by atoms with E-state index in [1.807, 2.05) is 0 Å². The number of aliphatic hydroxyl groups is 1. The largest absolute Gasteiger partial charge is 0.393 e. The molecule has 3 unspecified atom stereocenters. The first kappa shape index (κ1) is 16.9. The molecule has 0 saturated carbocycles. The lowest BCUT2D eigenvalue weighted by Gasteiger charge is -2.42. The molecule has 0 amide bonds. The fraction of sp³-hybridized carbons (Fsp3) is 0.733. The van der Waals surface area contributed by atoms with Gasteiger partial charge in [-0.2, -0.15) is 0 Å². The van der Waals surface area contributed by atoms with Gasteiger partial charge in [-0.15, -0.1) is 0 Å². The number of halogens is 1. The maximum absolute atomic E-state index is 15.5. The zero-order valence-corrected chi connectivity index (χ0v) is 13.8. The van der Waals surface area contributed by atoms with E-state index >= 15 is 4.39 Å². The average Bonchev–Trinajstić information content (AvgIpc) is 2.51. The number of aryl methyl sites for hydroxylation is 1. The molecule has 0 aliphatic carbocycles. The van der Waals surface area contributed by atoms with Gasteiger partial charge in [0.05, 0.1) is 6.61 Å². The predicted molar refractivity (Wildman–Crippen MR) is 79.6 cm³/mol. The smallest absolute Gasteiger partial charge is 0.330 e. The van der Waals surface area contributed by atoms with E-state index < -0.39 is 40.3 Å². The van der Waals surface area contributed by atoms with Gasteiger partial charge in [-0.1, -0.05) is 13.8 Å². The number of aromatic nitrogens is 2. The number of aromatic amines is 1. The van der Waals surface area contributed by atoms with E-state index in [0.29, 0.717) is 5.56 Å². The summed E-state index contributed by atoms with van der Waals surface area (Å²) in [4.78, 5) is 26.0. The van der Waals surface area contributed by atoms with E-state index in [1.165, 1.54) is 24.6 Å². The van der Waals surface area contributed by atoms with Gasteiger partial charge in [0, 0.05) is 17.2 Å². The van der Waals surface area contributed by atoms with Crippen LogP contribution in [0.5, 0.6) is 0 Å². The Labute approximate surface area is 127 Å². The fourth-order valence-corrected chi connectivity index (χ4v) is 3.17. The second-order valence-electron chi connectivity index (χ2n) is 7.04. The van der Waals surface area contributed by atoms with Crippen LogP contribution in [-0.2, 0) is 10.5 Å². The highest BCUT2D eigenvalue weighted by Crippen LogP contribution is 2.61. The molecule has 2 N–H and O–H groups in total. The van der Waals surface area contributed by atoms with Crippen molar-refractivity contribution in [3.05, 3.63) is 32.6 Å². The SMILES string of the molecule is Cc1cn(C2(C)OC(C)(CO)C(C)(F)C2(C)C)c(=O)[nH]c1=O. The van der Waals surface area contributed by atoms with Gasteiger partial charge >= 0.3 is 5.69 Å². The summed E-state index contributed by atoms with van der Waals surface area (Å²) in [6, 6.07) is 0. The number of H-pyrrole nitrogens is 1. The average molecular weight is 314 g/mol. The summed E-state index contributed by atoms with van der Waals surface area (Å²) >= 11 is 0. The molecule has 0 radical (unpaired) electrons. The Bertz CT molecular complexity index is 721. The lowest BCUT2D eigenvalue weighted by molar-refractivity contribution is -0.177. The van der Waals surface area contributed by atoms with Crippen LogP contribution in [0.2, 0.25) is 0 Å². The first-order valence-electron chi connectivity index (χ1n) is 7.17. The van der Waals surface area contributed by atoms with Crippen molar-refractivity contribution in [3.63, 3.8) is 0 Å². The highest BCUT2D eigenvalue weighted by Gasteiger charge is 2.72. The van der Waals surface area contributed by atoms with Gasteiger partial charge in [0.15, 0.2) is 5.72 Å². The van der Waals surface area contributed by atoms with Crippen molar-refractivity contribution >= 4 is 0 Å². The van der Waals surface area contributed by atoms with Gasteiger partial charge in [0.2, 0.25) is 0 Å². The van der Waals surface area contributed by atoms with Crippen LogP contribution in [-0.4, -0.2) is 32.5 Å². The van der Waals surface area contributed by atoms with Gasteiger partial charge < -0.3 is 9.84 Å². The molecule has 2 heterocycles. The molecule has 0 aromatic carbocycles. The Hall–Kier alpha value is -1.47. The molecule has 1 aliphatic heterocycles. The van der Waals surface area contributed by atoms with Gasteiger partial charge in [-0.25, -0.2) is 9.18 Å². The number of hydrogen-bond donors (Lipinski definition) is 2. The molecule has 22 heavy (non-hydrogen) atoms. The van der Waals surface area contributed by atoms with Crippen molar-refractivity contribution < 1.29 is 14.2 Å². The summed E-state index contributed by atoms with van der Waals surface area (Å²) in [6.45, 7) is 8.73. The maximum Gasteiger partial charge on any atom is 0.330 e. The topological polar surface area (TPSA) is 84.3 Å². The predicted octanol–water partition coefficient (Wildman–Crippen LogP) is 1.05. The van der Waals surface area contributed by atoms with Crippen LogP contribution in [0.3, 0.4) is 0 Å². The van der Waals surface area contributed by atoms with E-state index in [4.69, 9.17) is 4.74 Å². The van der Waals surface area contributed by atoms with Crippen molar-refractivity contribution in [2.24, 2.45) is 5.41 Å². The van der Waals surface area contributed by atoms with Crippen LogP contribution in [0.1, 0.15) is 40.2 Å². The highest BCUT2D eigenvalue weighted by molar-refractivity contribution is 5.17. The molecule has 1 aliphatic rings. The minimum absolute atomic E-state index is 0.318. The molecule has 7 heteroatoms. The van der Waals surface area contributed by atoms with Gasteiger partial charge in [-0.3, -0.25) is 14.3 Å². The van der Waals surface area contributed by atoms with Crippen molar-refractivity contribution in [2.75, 3.05) is 6.61 Å². The second-order valence-corrected chi connectivity index (χ2v) is 7.04. The number of aliphatic hydroxyl groups excluding tert-OH is 1. The van der Waals surface area contributed by atoms with Crippen molar-refractivity contribution in [3.8, 4) is 0 Å². The zero-order chi connectivity index (χ0) is 17.1. The van der Waals surface area contributed by atoms with Gasteiger partial charge in [0.25, 0.3) is 5.56 Å². The second kappa shape index (κ2) is 4.52. The molecule has 2 rings (SSSR count). The first-order chi connectivity index (χ1) is 9.84. The van der Waals surface area contributed by atoms with Crippen LogP contribution in [0.4, 0.5) is 4.39 Å². The molecule has 0 bridgehead atoms. The van der Waals surface area contributed by atoms with E-state index in [2.05, 4.69) is 4.98 Å². The Kier molecular flexibility index (Phi) is 3.47. The molecular formula is C15H23FN2O4. The first-order valence-corrected chi connectivity index (χ1v) is 7.17.